The molecule has 1 aromatic carbocycles. The largest absolute Gasteiger partial charge is 0.465 e. The fourth-order valence-electron chi connectivity index (χ4n) is 1.15. The third-order valence-corrected chi connectivity index (χ3v) is 2.49. The molecule has 0 heterocycles. The predicted molar refractivity (Wildman–Crippen MR) is 65.9 cm³/mol. The number of benzene rings is 1. The molecule has 1 aromatic rings. The lowest BCUT2D eigenvalue weighted by molar-refractivity contribution is -0.113. The predicted octanol–water partition coefficient (Wildman–Crippen LogP) is 1.71. The minimum atomic E-state index is -0.438. The van der Waals surface area contributed by atoms with E-state index in [2.05, 4.69) is 10.1 Å². The molecule has 0 radical (unpaired) electrons. The van der Waals surface area contributed by atoms with E-state index < -0.39 is 5.97 Å². The maximum atomic E-state index is 11.4. The van der Waals surface area contributed by atoms with Gasteiger partial charge in [-0.2, -0.15) is 0 Å². The van der Waals surface area contributed by atoms with Crippen LogP contribution in [0.15, 0.2) is 24.3 Å². The lowest BCUT2D eigenvalue weighted by Gasteiger charge is -2.05. The van der Waals surface area contributed by atoms with Gasteiger partial charge in [0.05, 0.1) is 25.5 Å². The third-order valence-electron chi connectivity index (χ3n) is 1.88. The molecule has 0 aliphatic carbocycles. The standard InChI is InChI=1S/C11H13NO4S/c1-15-11(14)8-4-3-5-9(6-8)12-10(13)7-17-16-2/h3-6H,7H2,1-2H3,(H,12,13). The SMILES string of the molecule is COSCC(=O)Nc1cccc(C(=O)OC)c1. The maximum absolute atomic E-state index is 11.4. The summed E-state index contributed by atoms with van der Waals surface area (Å²) in [5, 5.41) is 2.65. The van der Waals surface area contributed by atoms with Gasteiger partial charge < -0.3 is 14.2 Å². The first-order valence-corrected chi connectivity index (χ1v) is 5.72. The van der Waals surface area contributed by atoms with E-state index in [1.807, 2.05) is 0 Å². The number of rotatable bonds is 5. The summed E-state index contributed by atoms with van der Waals surface area (Å²) in [6, 6.07) is 6.54. The fraction of sp³-hybridized carbons (Fsp3) is 0.273. The van der Waals surface area contributed by atoms with Crippen LogP contribution in [0.1, 0.15) is 10.4 Å². The zero-order valence-corrected chi connectivity index (χ0v) is 10.4. The van der Waals surface area contributed by atoms with Crippen LogP contribution >= 0.6 is 12.0 Å². The molecule has 0 spiro atoms. The first kappa shape index (κ1) is 13.5. The molecule has 1 rings (SSSR count). The molecule has 0 bridgehead atoms. The van der Waals surface area contributed by atoms with E-state index in [0.717, 1.165) is 12.0 Å². The van der Waals surface area contributed by atoms with Crippen LogP contribution in [0.5, 0.6) is 0 Å². The first-order chi connectivity index (χ1) is 8.17. The van der Waals surface area contributed by atoms with E-state index in [1.165, 1.54) is 14.2 Å². The van der Waals surface area contributed by atoms with E-state index in [-0.39, 0.29) is 11.7 Å². The van der Waals surface area contributed by atoms with Crippen LogP contribution in [-0.2, 0) is 13.7 Å². The van der Waals surface area contributed by atoms with Crippen molar-refractivity contribution in [3.8, 4) is 0 Å². The first-order valence-electron chi connectivity index (χ1n) is 4.81. The number of hydrogen-bond donors (Lipinski definition) is 1. The van der Waals surface area contributed by atoms with Gasteiger partial charge >= 0.3 is 5.97 Å². The average Bonchev–Trinajstić information content (AvgIpc) is 2.35. The van der Waals surface area contributed by atoms with Crippen molar-refractivity contribution in [1.82, 2.24) is 0 Å². The molecule has 92 valence electrons. The average molecular weight is 255 g/mol. The van der Waals surface area contributed by atoms with E-state index >= 15 is 0 Å². The molecule has 0 saturated heterocycles. The summed E-state index contributed by atoms with van der Waals surface area (Å²) < 4.78 is 9.30. The Balaban J connectivity index is 2.65. The van der Waals surface area contributed by atoms with Gasteiger partial charge in [0.1, 0.15) is 0 Å². The molecule has 0 aromatic heterocycles. The number of ether oxygens (including phenoxy) is 1. The Morgan fingerprint density at radius 2 is 2.12 bits per heavy atom. The summed E-state index contributed by atoms with van der Waals surface area (Å²) in [6.07, 6.45) is 0. The van der Waals surface area contributed by atoms with Crippen LogP contribution in [0, 0.1) is 0 Å². The van der Waals surface area contributed by atoms with Gasteiger partial charge in [0.15, 0.2) is 0 Å². The van der Waals surface area contributed by atoms with Gasteiger partial charge in [-0.3, -0.25) is 4.79 Å². The van der Waals surface area contributed by atoms with Crippen molar-refractivity contribution in [3.63, 3.8) is 0 Å². The number of hydrogen-bond acceptors (Lipinski definition) is 5. The Hall–Kier alpha value is -1.53. The molecule has 17 heavy (non-hydrogen) atoms. The van der Waals surface area contributed by atoms with Crippen LogP contribution in [0.2, 0.25) is 0 Å². The van der Waals surface area contributed by atoms with Gasteiger partial charge in [-0.25, -0.2) is 4.79 Å². The Bertz CT molecular complexity index is 408. The molecule has 0 unspecified atom stereocenters. The van der Waals surface area contributed by atoms with E-state index in [1.54, 1.807) is 24.3 Å². The number of carbonyl (C=O) groups excluding carboxylic acids is 2. The van der Waals surface area contributed by atoms with Crippen molar-refractivity contribution in [2.45, 2.75) is 0 Å². The highest BCUT2D eigenvalue weighted by molar-refractivity contribution is 7.95. The van der Waals surface area contributed by atoms with Gasteiger partial charge in [-0.05, 0) is 18.2 Å². The highest BCUT2D eigenvalue weighted by Crippen LogP contribution is 2.12. The summed E-state index contributed by atoms with van der Waals surface area (Å²) in [4.78, 5) is 22.7. The van der Waals surface area contributed by atoms with Crippen molar-refractivity contribution in [2.75, 3.05) is 25.3 Å². The van der Waals surface area contributed by atoms with Crippen LogP contribution in [-0.4, -0.2) is 31.8 Å². The molecule has 0 aliphatic heterocycles. The summed E-state index contributed by atoms with van der Waals surface area (Å²) in [5.74, 6) is -0.440. The second-order valence-electron chi connectivity index (χ2n) is 3.05. The minimum absolute atomic E-state index is 0.193. The van der Waals surface area contributed by atoms with Crippen molar-refractivity contribution in [1.29, 1.82) is 0 Å². The maximum Gasteiger partial charge on any atom is 0.337 e. The number of methoxy groups -OCH3 is 1. The Morgan fingerprint density at radius 3 is 2.76 bits per heavy atom. The molecule has 6 heteroatoms. The number of esters is 1. The molecular formula is C11H13NO4S. The zero-order chi connectivity index (χ0) is 12.7. The highest BCUT2D eigenvalue weighted by atomic mass is 32.2. The zero-order valence-electron chi connectivity index (χ0n) is 9.56. The second-order valence-corrected chi connectivity index (χ2v) is 3.91. The lowest BCUT2D eigenvalue weighted by Crippen LogP contribution is -2.14. The Kier molecular flexibility index (Phi) is 5.51. The van der Waals surface area contributed by atoms with E-state index in [4.69, 9.17) is 4.18 Å². The molecule has 1 amide bonds. The topological polar surface area (TPSA) is 64.6 Å². The van der Waals surface area contributed by atoms with Crippen molar-refractivity contribution in [2.24, 2.45) is 0 Å². The monoisotopic (exact) mass is 255 g/mol. The summed E-state index contributed by atoms with van der Waals surface area (Å²) in [6.45, 7) is 0. The molecular weight excluding hydrogens is 242 g/mol. The molecule has 0 fully saturated rings. The molecule has 0 atom stereocenters. The van der Waals surface area contributed by atoms with E-state index in [9.17, 15) is 9.59 Å². The van der Waals surface area contributed by atoms with Crippen molar-refractivity contribution >= 4 is 29.6 Å². The van der Waals surface area contributed by atoms with Crippen LogP contribution in [0.3, 0.4) is 0 Å². The van der Waals surface area contributed by atoms with Crippen molar-refractivity contribution < 1.29 is 18.5 Å². The van der Waals surface area contributed by atoms with Crippen LogP contribution in [0.25, 0.3) is 0 Å². The van der Waals surface area contributed by atoms with Gasteiger partial charge in [0.2, 0.25) is 5.91 Å². The Labute approximate surface area is 104 Å². The molecule has 0 saturated carbocycles. The van der Waals surface area contributed by atoms with Crippen LogP contribution in [0.4, 0.5) is 5.69 Å². The third kappa shape index (κ3) is 4.46. The second kappa shape index (κ2) is 6.93. The Morgan fingerprint density at radius 1 is 1.35 bits per heavy atom. The van der Waals surface area contributed by atoms with E-state index in [0.29, 0.717) is 11.3 Å². The van der Waals surface area contributed by atoms with Gasteiger partial charge in [0.25, 0.3) is 0 Å². The number of amides is 1. The van der Waals surface area contributed by atoms with Gasteiger partial charge in [-0.1, -0.05) is 6.07 Å². The fourth-order valence-corrected chi connectivity index (χ4v) is 1.45. The quantitative estimate of drug-likeness (QED) is 0.641. The number of nitrogens with one attached hydrogen (secondary N) is 1. The molecule has 5 nitrogen and oxygen atoms in total. The smallest absolute Gasteiger partial charge is 0.337 e. The summed E-state index contributed by atoms with van der Waals surface area (Å²) in [5.41, 5.74) is 0.944. The number of anilines is 1. The van der Waals surface area contributed by atoms with Gasteiger partial charge in [-0.15, -0.1) is 0 Å². The van der Waals surface area contributed by atoms with Crippen LogP contribution < -0.4 is 5.32 Å². The molecule has 1 N–H and O–H groups in total. The summed E-state index contributed by atoms with van der Waals surface area (Å²) in [7, 11) is 2.80. The lowest BCUT2D eigenvalue weighted by atomic mass is 10.2. The normalized spacial score (nSPS) is 9.76. The van der Waals surface area contributed by atoms with Crippen molar-refractivity contribution in [3.05, 3.63) is 29.8 Å². The minimum Gasteiger partial charge on any atom is -0.465 e. The highest BCUT2D eigenvalue weighted by Gasteiger charge is 2.07. The number of carbonyl (C=O) groups is 2. The summed E-state index contributed by atoms with van der Waals surface area (Å²) >= 11 is 1.05. The van der Waals surface area contributed by atoms with Gasteiger partial charge in [0, 0.05) is 17.7 Å². The molecule has 0 aliphatic rings.